The van der Waals surface area contributed by atoms with Gasteiger partial charge in [0.15, 0.2) is 17.2 Å². The van der Waals surface area contributed by atoms with E-state index in [1.807, 2.05) is 50.2 Å². The maximum absolute atomic E-state index is 9.69. The first kappa shape index (κ1) is 22.4. The highest BCUT2D eigenvalue weighted by Gasteiger charge is 2.14. The van der Waals surface area contributed by atoms with Crippen molar-refractivity contribution in [2.24, 2.45) is 0 Å². The molecule has 0 radical (unpaired) electrons. The van der Waals surface area contributed by atoms with Gasteiger partial charge >= 0.3 is 0 Å². The van der Waals surface area contributed by atoms with E-state index >= 15 is 0 Å². The average molecular weight is 467 g/mol. The summed E-state index contributed by atoms with van der Waals surface area (Å²) in [5.41, 5.74) is 3.81. The van der Waals surface area contributed by atoms with Gasteiger partial charge < -0.3 is 19.9 Å². The molecule has 30 heavy (non-hydrogen) atoms. The lowest BCUT2D eigenvalue weighted by molar-refractivity contribution is 0.269. The Morgan fingerprint density at radius 2 is 1.53 bits per heavy atom. The highest BCUT2D eigenvalue weighted by molar-refractivity contribution is 6.37. The van der Waals surface area contributed by atoms with Crippen LogP contribution in [0.5, 0.6) is 17.2 Å². The van der Waals surface area contributed by atoms with Gasteiger partial charge in [-0.3, -0.25) is 0 Å². The lowest BCUT2D eigenvalue weighted by atomic mass is 10.1. The number of rotatable bonds is 8. The fourth-order valence-electron chi connectivity index (χ4n) is 2.84. The number of aryl methyl sites for hydroxylation is 1. The molecule has 0 aliphatic rings. The van der Waals surface area contributed by atoms with Crippen molar-refractivity contribution >= 4 is 40.5 Å². The van der Waals surface area contributed by atoms with Crippen LogP contribution in [0.25, 0.3) is 0 Å². The van der Waals surface area contributed by atoms with Crippen molar-refractivity contribution < 1.29 is 14.6 Å². The molecule has 0 amide bonds. The van der Waals surface area contributed by atoms with Gasteiger partial charge in [-0.1, -0.05) is 64.6 Å². The smallest absolute Gasteiger partial charge is 0.180 e. The van der Waals surface area contributed by atoms with Crippen molar-refractivity contribution in [1.82, 2.24) is 0 Å². The molecule has 0 unspecified atom stereocenters. The van der Waals surface area contributed by atoms with E-state index in [1.165, 1.54) is 5.56 Å². The van der Waals surface area contributed by atoms with Gasteiger partial charge in [-0.15, -0.1) is 0 Å². The van der Waals surface area contributed by atoms with Crippen LogP contribution < -0.4 is 14.8 Å². The van der Waals surface area contributed by atoms with Gasteiger partial charge in [-0.2, -0.15) is 0 Å². The Kier molecular flexibility index (Phi) is 7.59. The summed E-state index contributed by atoms with van der Waals surface area (Å²) in [5, 5.41) is 13.7. The average Bonchev–Trinajstić information content (AvgIpc) is 2.71. The molecule has 0 bridgehead atoms. The second kappa shape index (κ2) is 10.2. The van der Waals surface area contributed by atoms with Crippen molar-refractivity contribution in [3.63, 3.8) is 0 Å². The van der Waals surface area contributed by atoms with E-state index in [1.54, 1.807) is 12.1 Å². The highest BCUT2D eigenvalue weighted by atomic mass is 35.5. The normalized spacial score (nSPS) is 10.7. The molecule has 3 aromatic rings. The molecule has 158 valence electrons. The van der Waals surface area contributed by atoms with Crippen LogP contribution in [0, 0.1) is 6.92 Å². The molecule has 0 spiro atoms. The predicted molar refractivity (Wildman–Crippen MR) is 124 cm³/mol. The minimum absolute atomic E-state index is 0.138. The maximum Gasteiger partial charge on any atom is 0.180 e. The molecule has 0 atom stereocenters. The van der Waals surface area contributed by atoms with E-state index in [0.717, 1.165) is 11.1 Å². The molecule has 0 saturated heterocycles. The molecule has 0 fully saturated rings. The van der Waals surface area contributed by atoms with Gasteiger partial charge in [-0.05, 0) is 49.2 Å². The number of hydrogen-bond donors (Lipinski definition) is 2. The van der Waals surface area contributed by atoms with Gasteiger partial charge in [0.05, 0.1) is 21.7 Å². The van der Waals surface area contributed by atoms with Crippen LogP contribution in [-0.4, -0.2) is 11.7 Å². The molecule has 2 N–H and O–H groups in total. The number of anilines is 1. The Balaban J connectivity index is 1.75. The summed E-state index contributed by atoms with van der Waals surface area (Å²) in [6.07, 6.45) is 0. The lowest BCUT2D eigenvalue weighted by Crippen LogP contribution is -2.04. The molecule has 0 aliphatic carbocycles. The minimum Gasteiger partial charge on any atom is -0.505 e. The zero-order chi connectivity index (χ0) is 21.7. The summed E-state index contributed by atoms with van der Waals surface area (Å²) >= 11 is 18.5. The number of ether oxygens (including phenoxy) is 2. The topological polar surface area (TPSA) is 50.7 Å². The quantitative estimate of drug-likeness (QED) is 0.343. The fourth-order valence-corrected chi connectivity index (χ4v) is 3.61. The SMILES string of the molecule is CCOc1cc(CNc2cc(Cl)c(O)c(Cl)c2)cc(Cl)c1OCc1ccc(C)cc1. The summed E-state index contributed by atoms with van der Waals surface area (Å²) in [4.78, 5) is 0. The van der Waals surface area contributed by atoms with E-state index in [0.29, 0.717) is 42.0 Å². The summed E-state index contributed by atoms with van der Waals surface area (Å²) < 4.78 is 11.7. The van der Waals surface area contributed by atoms with Crippen LogP contribution in [0.1, 0.15) is 23.6 Å². The number of aromatic hydroxyl groups is 1. The molecule has 4 nitrogen and oxygen atoms in total. The molecule has 3 rings (SSSR count). The van der Waals surface area contributed by atoms with Crippen LogP contribution in [-0.2, 0) is 13.2 Å². The summed E-state index contributed by atoms with van der Waals surface area (Å²) in [6, 6.07) is 15.0. The van der Waals surface area contributed by atoms with Crippen molar-refractivity contribution in [2.45, 2.75) is 27.0 Å². The number of hydrogen-bond acceptors (Lipinski definition) is 4. The molecule has 0 aromatic heterocycles. The van der Waals surface area contributed by atoms with Gasteiger partial charge in [0, 0.05) is 12.2 Å². The van der Waals surface area contributed by atoms with Crippen LogP contribution in [0.2, 0.25) is 15.1 Å². The molecule has 0 aliphatic heterocycles. The van der Waals surface area contributed by atoms with Gasteiger partial charge in [-0.25, -0.2) is 0 Å². The second-order valence-corrected chi connectivity index (χ2v) is 7.98. The number of benzene rings is 3. The molecule has 0 saturated carbocycles. The van der Waals surface area contributed by atoms with Crippen LogP contribution in [0.4, 0.5) is 5.69 Å². The highest BCUT2D eigenvalue weighted by Crippen LogP contribution is 2.38. The Morgan fingerprint density at radius 1 is 0.867 bits per heavy atom. The summed E-state index contributed by atoms with van der Waals surface area (Å²) in [5.74, 6) is 0.954. The molecular weight excluding hydrogens is 445 g/mol. The van der Waals surface area contributed by atoms with Crippen molar-refractivity contribution in [3.8, 4) is 17.2 Å². The van der Waals surface area contributed by atoms with Crippen molar-refractivity contribution in [2.75, 3.05) is 11.9 Å². The van der Waals surface area contributed by atoms with Crippen molar-refractivity contribution in [3.05, 3.63) is 80.3 Å². The number of nitrogens with one attached hydrogen (secondary N) is 1. The summed E-state index contributed by atoms with van der Waals surface area (Å²) in [6.45, 7) is 5.28. The van der Waals surface area contributed by atoms with E-state index < -0.39 is 0 Å². The molecule has 7 heteroatoms. The lowest BCUT2D eigenvalue weighted by Gasteiger charge is -2.16. The standard InChI is InChI=1S/C23H22Cl3NO3/c1-3-29-21-9-16(12-27-17-10-18(24)22(28)19(25)11-17)8-20(26)23(21)30-13-15-6-4-14(2)5-7-15/h4-11,27-28H,3,12-13H2,1-2H3. The maximum atomic E-state index is 9.69. The summed E-state index contributed by atoms with van der Waals surface area (Å²) in [7, 11) is 0. The van der Waals surface area contributed by atoms with Crippen LogP contribution >= 0.6 is 34.8 Å². The minimum atomic E-state index is -0.138. The van der Waals surface area contributed by atoms with E-state index in [-0.39, 0.29) is 15.8 Å². The fraction of sp³-hybridized carbons (Fsp3) is 0.217. The molecule has 3 aromatic carbocycles. The third kappa shape index (κ3) is 5.66. The monoisotopic (exact) mass is 465 g/mol. The second-order valence-electron chi connectivity index (χ2n) is 6.75. The first-order valence-corrected chi connectivity index (χ1v) is 10.6. The Morgan fingerprint density at radius 3 is 2.17 bits per heavy atom. The molecule has 0 heterocycles. The third-order valence-corrected chi connectivity index (χ3v) is 5.24. The number of phenolic OH excluding ortho intramolecular Hbond substituents is 1. The van der Waals surface area contributed by atoms with Crippen molar-refractivity contribution in [1.29, 1.82) is 0 Å². The zero-order valence-electron chi connectivity index (χ0n) is 16.6. The Bertz CT molecular complexity index is 1000. The number of phenols is 1. The predicted octanol–water partition coefficient (Wildman–Crippen LogP) is 7.25. The van der Waals surface area contributed by atoms with Gasteiger partial charge in [0.1, 0.15) is 6.61 Å². The van der Waals surface area contributed by atoms with E-state index in [9.17, 15) is 5.11 Å². The molecular formula is C23H22Cl3NO3. The first-order valence-electron chi connectivity index (χ1n) is 9.42. The van der Waals surface area contributed by atoms with E-state index in [4.69, 9.17) is 44.3 Å². The van der Waals surface area contributed by atoms with Crippen LogP contribution in [0.3, 0.4) is 0 Å². The van der Waals surface area contributed by atoms with E-state index in [2.05, 4.69) is 5.32 Å². The first-order chi connectivity index (χ1) is 14.4. The van der Waals surface area contributed by atoms with Gasteiger partial charge in [0.2, 0.25) is 0 Å². The Labute approximate surface area is 191 Å². The van der Waals surface area contributed by atoms with Crippen LogP contribution in [0.15, 0.2) is 48.5 Å². The largest absolute Gasteiger partial charge is 0.505 e. The number of halogens is 3. The zero-order valence-corrected chi connectivity index (χ0v) is 18.9. The Hall–Kier alpha value is -2.27. The van der Waals surface area contributed by atoms with Gasteiger partial charge in [0.25, 0.3) is 0 Å². The third-order valence-electron chi connectivity index (χ3n) is 4.39.